The Balaban J connectivity index is 1.22. The van der Waals surface area contributed by atoms with Crippen molar-refractivity contribution in [1.82, 2.24) is 9.88 Å². The van der Waals surface area contributed by atoms with Gasteiger partial charge in [0.1, 0.15) is 11.4 Å². The Bertz CT molecular complexity index is 1370. The number of ether oxygens (including phenoxy) is 2. The predicted molar refractivity (Wildman–Crippen MR) is 140 cm³/mol. The summed E-state index contributed by atoms with van der Waals surface area (Å²) in [5.41, 5.74) is 1.65. The third kappa shape index (κ3) is 6.89. The Morgan fingerprint density at radius 3 is 2.66 bits per heavy atom. The fraction of sp³-hybridized carbons (Fsp3) is 0.433. The Morgan fingerprint density at radius 2 is 1.98 bits per heavy atom. The number of pyridine rings is 1. The van der Waals surface area contributed by atoms with Gasteiger partial charge in [-0.15, -0.1) is 13.2 Å². The molecule has 7 nitrogen and oxygen atoms in total. The van der Waals surface area contributed by atoms with Gasteiger partial charge >= 0.3 is 18.4 Å². The number of hydrogen-bond acceptors (Lipinski definition) is 5. The van der Waals surface area contributed by atoms with Gasteiger partial charge in [0.25, 0.3) is 0 Å². The molecule has 1 aliphatic heterocycles. The van der Waals surface area contributed by atoms with Crippen LogP contribution in [0.4, 0.5) is 22.4 Å². The second-order valence-electron chi connectivity index (χ2n) is 10.9. The Labute approximate surface area is 234 Å². The molecule has 2 aliphatic carbocycles. The summed E-state index contributed by atoms with van der Waals surface area (Å²) in [6.45, 7) is 0.429. The molecule has 2 aromatic rings. The van der Waals surface area contributed by atoms with Gasteiger partial charge in [-0.3, -0.25) is 4.90 Å². The third-order valence-electron chi connectivity index (χ3n) is 8.12. The molecule has 41 heavy (non-hydrogen) atoms. The first kappa shape index (κ1) is 28.6. The molecule has 1 aromatic carbocycles. The van der Waals surface area contributed by atoms with E-state index in [-0.39, 0.29) is 11.3 Å². The van der Waals surface area contributed by atoms with E-state index in [4.69, 9.17) is 4.74 Å². The quantitative estimate of drug-likeness (QED) is 0.278. The smallest absolute Gasteiger partial charge is 0.478 e. The first-order valence-electron chi connectivity index (χ1n) is 13.6. The molecule has 2 fully saturated rings. The van der Waals surface area contributed by atoms with Gasteiger partial charge in [-0.1, -0.05) is 24.6 Å². The highest BCUT2D eigenvalue weighted by Crippen LogP contribution is 2.41. The average Bonchev–Trinajstić information content (AvgIpc) is 3.12. The Morgan fingerprint density at radius 1 is 1.15 bits per heavy atom. The van der Waals surface area contributed by atoms with Crippen molar-refractivity contribution in [3.8, 4) is 16.9 Å². The number of carboxylic acids is 1. The van der Waals surface area contributed by atoms with Gasteiger partial charge in [-0.2, -0.15) is 4.39 Å². The molecule has 1 saturated heterocycles. The summed E-state index contributed by atoms with van der Waals surface area (Å²) in [7, 11) is 0. The second kappa shape index (κ2) is 11.5. The number of rotatable bonds is 7. The highest BCUT2D eigenvalue weighted by Gasteiger charge is 2.47. The van der Waals surface area contributed by atoms with E-state index >= 15 is 0 Å². The molecule has 5 rings (SSSR count). The van der Waals surface area contributed by atoms with Crippen LogP contribution in [0.3, 0.4) is 0 Å². The molecular formula is C30H30F4N2O5. The molecule has 3 aliphatic rings. The summed E-state index contributed by atoms with van der Waals surface area (Å²) in [5, 5.41) is 9.17. The second-order valence-corrected chi connectivity index (χ2v) is 10.9. The molecule has 2 unspecified atom stereocenters. The van der Waals surface area contributed by atoms with Crippen molar-refractivity contribution in [3.05, 3.63) is 71.5 Å². The molecule has 2 heterocycles. The summed E-state index contributed by atoms with van der Waals surface area (Å²) < 4.78 is 62.9. The molecular weight excluding hydrogens is 544 g/mol. The SMILES string of the molecule is O=C(O)C1=CC=C(N2CC3(CCCC(CCc4ccc(-c5ccc(F)nc5)c(OC(F)(F)F)c4)CC3)OC2=O)CC1. The molecule has 1 amide bonds. The number of alkyl halides is 3. The van der Waals surface area contributed by atoms with Gasteiger partial charge < -0.3 is 14.6 Å². The van der Waals surface area contributed by atoms with E-state index in [1.165, 1.54) is 30.5 Å². The van der Waals surface area contributed by atoms with Crippen molar-refractivity contribution in [2.45, 2.75) is 69.8 Å². The Kier molecular flexibility index (Phi) is 8.06. The molecule has 1 spiro atoms. The zero-order valence-electron chi connectivity index (χ0n) is 22.3. The standard InChI is InChI=1S/C30H30F4N2O5/c31-26-12-8-22(17-35-26)24-11-5-20(16-25(24)40-30(32,33)34)4-3-19-2-1-14-29(15-13-19)18-36(28(39)41-29)23-9-6-21(7-10-23)27(37)38/h5-6,8-9,11-12,16-17,19H,1-4,7,10,13-15,18H2,(H,37,38). The zero-order chi connectivity index (χ0) is 29.2. The van der Waals surface area contributed by atoms with E-state index in [2.05, 4.69) is 9.72 Å². The van der Waals surface area contributed by atoms with E-state index in [1.807, 2.05) is 0 Å². The van der Waals surface area contributed by atoms with Crippen LogP contribution in [0.2, 0.25) is 0 Å². The first-order chi connectivity index (χ1) is 19.5. The number of benzene rings is 1. The van der Waals surface area contributed by atoms with E-state index in [0.29, 0.717) is 54.8 Å². The fourth-order valence-corrected chi connectivity index (χ4v) is 5.95. The highest BCUT2D eigenvalue weighted by atomic mass is 19.4. The minimum absolute atomic E-state index is 0.172. The van der Waals surface area contributed by atoms with E-state index < -0.39 is 30.0 Å². The number of hydrogen-bond donors (Lipinski definition) is 1. The summed E-state index contributed by atoms with van der Waals surface area (Å²) in [4.78, 5) is 29.1. The van der Waals surface area contributed by atoms with Crippen LogP contribution in [0.5, 0.6) is 5.75 Å². The molecule has 11 heteroatoms. The van der Waals surface area contributed by atoms with Crippen molar-refractivity contribution in [3.63, 3.8) is 0 Å². The van der Waals surface area contributed by atoms with Gasteiger partial charge in [0.2, 0.25) is 5.95 Å². The number of aryl methyl sites for hydroxylation is 1. The number of aromatic nitrogens is 1. The first-order valence-corrected chi connectivity index (χ1v) is 13.6. The predicted octanol–water partition coefficient (Wildman–Crippen LogP) is 7.18. The van der Waals surface area contributed by atoms with Crippen molar-refractivity contribution >= 4 is 12.1 Å². The Hall–Kier alpha value is -3.89. The number of allylic oxidation sites excluding steroid dienone is 3. The van der Waals surface area contributed by atoms with Gasteiger partial charge in [-0.05, 0) is 87.1 Å². The van der Waals surface area contributed by atoms with Gasteiger partial charge in [0.05, 0.1) is 6.54 Å². The lowest BCUT2D eigenvalue weighted by Crippen LogP contribution is -2.34. The monoisotopic (exact) mass is 574 g/mol. The van der Waals surface area contributed by atoms with Crippen LogP contribution in [0, 0.1) is 11.9 Å². The number of halogens is 4. The summed E-state index contributed by atoms with van der Waals surface area (Å²) in [6.07, 6.45) is 5.20. The number of amides is 1. The maximum atomic E-state index is 13.2. The van der Waals surface area contributed by atoms with E-state index in [9.17, 15) is 32.3 Å². The van der Waals surface area contributed by atoms with Crippen LogP contribution in [-0.2, 0) is 16.0 Å². The number of carbonyl (C=O) groups is 2. The van der Waals surface area contributed by atoms with Gasteiger partial charge in [0.15, 0.2) is 0 Å². The normalized spacial score (nSPS) is 23.1. The lowest BCUT2D eigenvalue weighted by Gasteiger charge is -2.26. The van der Waals surface area contributed by atoms with Crippen molar-refractivity contribution in [2.75, 3.05) is 6.54 Å². The van der Waals surface area contributed by atoms with Crippen LogP contribution < -0.4 is 4.74 Å². The number of aliphatic carboxylic acids is 1. The lowest BCUT2D eigenvalue weighted by atomic mass is 9.90. The number of nitrogens with zero attached hydrogens (tertiary/aromatic N) is 2. The third-order valence-corrected chi connectivity index (χ3v) is 8.12. The maximum absolute atomic E-state index is 13.2. The molecule has 1 saturated carbocycles. The van der Waals surface area contributed by atoms with Crippen LogP contribution in [0.15, 0.2) is 60.0 Å². The van der Waals surface area contributed by atoms with Gasteiger partial charge in [-0.25, -0.2) is 14.6 Å². The van der Waals surface area contributed by atoms with Crippen molar-refractivity contribution in [1.29, 1.82) is 0 Å². The molecule has 0 bridgehead atoms. The van der Waals surface area contributed by atoms with Crippen LogP contribution in [0.25, 0.3) is 11.1 Å². The zero-order valence-corrected chi connectivity index (χ0v) is 22.3. The maximum Gasteiger partial charge on any atom is 0.573 e. The fourth-order valence-electron chi connectivity index (χ4n) is 5.95. The van der Waals surface area contributed by atoms with Crippen molar-refractivity contribution < 1.29 is 41.7 Å². The highest BCUT2D eigenvalue weighted by molar-refractivity contribution is 5.87. The van der Waals surface area contributed by atoms with Crippen molar-refractivity contribution in [2.24, 2.45) is 5.92 Å². The minimum atomic E-state index is -4.88. The largest absolute Gasteiger partial charge is 0.573 e. The van der Waals surface area contributed by atoms with Gasteiger partial charge in [0, 0.05) is 28.6 Å². The average molecular weight is 575 g/mol. The number of carbonyl (C=O) groups excluding carboxylic acids is 1. The summed E-state index contributed by atoms with van der Waals surface area (Å²) >= 11 is 0. The topological polar surface area (TPSA) is 89.0 Å². The minimum Gasteiger partial charge on any atom is -0.478 e. The lowest BCUT2D eigenvalue weighted by molar-refractivity contribution is -0.274. The van der Waals surface area contributed by atoms with E-state index in [0.717, 1.165) is 43.9 Å². The van der Waals surface area contributed by atoms with Crippen LogP contribution in [-0.4, -0.2) is 45.6 Å². The van der Waals surface area contributed by atoms with Crippen LogP contribution in [0.1, 0.15) is 56.9 Å². The van der Waals surface area contributed by atoms with E-state index in [1.54, 1.807) is 17.0 Å². The molecule has 1 N–H and O–H groups in total. The molecule has 1 aromatic heterocycles. The molecule has 218 valence electrons. The number of carboxylic acid groups (broad SMARTS) is 1. The molecule has 2 atom stereocenters. The van der Waals surface area contributed by atoms with Crippen LogP contribution >= 0.6 is 0 Å². The summed E-state index contributed by atoms with van der Waals surface area (Å²) in [6, 6.07) is 7.10. The molecule has 0 radical (unpaired) electrons. The summed E-state index contributed by atoms with van der Waals surface area (Å²) in [5.74, 6) is -1.74.